The van der Waals surface area contributed by atoms with Crippen LogP contribution in [0.15, 0.2) is 18.5 Å². The summed E-state index contributed by atoms with van der Waals surface area (Å²) >= 11 is 1.55. The quantitative estimate of drug-likeness (QED) is 0.932. The van der Waals surface area contributed by atoms with E-state index in [-0.39, 0.29) is 11.4 Å². The van der Waals surface area contributed by atoms with Crippen LogP contribution in [-0.4, -0.2) is 15.5 Å². The Kier molecular flexibility index (Phi) is 4.50. The largest absolute Gasteiger partial charge is 0.307 e. The van der Waals surface area contributed by atoms with Crippen molar-refractivity contribution in [2.45, 2.75) is 46.2 Å². The maximum absolute atomic E-state index is 13.8. The van der Waals surface area contributed by atoms with Crippen LogP contribution in [0, 0.1) is 5.82 Å². The molecule has 0 spiro atoms. The molecule has 0 bridgehead atoms. The summed E-state index contributed by atoms with van der Waals surface area (Å²) in [6.07, 6.45) is 3.68. The number of pyridine rings is 1. The molecule has 0 fully saturated rings. The minimum atomic E-state index is -0.320. The Labute approximate surface area is 123 Å². The summed E-state index contributed by atoms with van der Waals surface area (Å²) in [7, 11) is 0. The molecule has 108 valence electrons. The highest BCUT2D eigenvalue weighted by Crippen LogP contribution is 2.30. The van der Waals surface area contributed by atoms with Crippen molar-refractivity contribution in [2.75, 3.05) is 0 Å². The highest BCUT2D eigenvalue weighted by Gasteiger charge is 2.16. The number of hydrogen-bond donors (Lipinski definition) is 1. The van der Waals surface area contributed by atoms with Crippen molar-refractivity contribution in [3.8, 4) is 10.6 Å². The molecule has 0 aromatic carbocycles. The Morgan fingerprint density at radius 2 is 2.10 bits per heavy atom. The van der Waals surface area contributed by atoms with Gasteiger partial charge < -0.3 is 5.32 Å². The molecule has 0 amide bonds. The fraction of sp³-hybridized carbons (Fsp3) is 0.467. The standard InChI is InChI=1S/C15H20FN3S/c1-5-12-13(9-18-15(2,3)4)20-14(19-12)10-6-7-17-8-11(10)16/h6-8,18H,5,9H2,1-4H3. The van der Waals surface area contributed by atoms with Crippen molar-refractivity contribution in [1.82, 2.24) is 15.3 Å². The number of nitrogens with one attached hydrogen (secondary N) is 1. The molecular weight excluding hydrogens is 273 g/mol. The van der Waals surface area contributed by atoms with E-state index < -0.39 is 0 Å². The Morgan fingerprint density at radius 1 is 1.35 bits per heavy atom. The summed E-state index contributed by atoms with van der Waals surface area (Å²) in [5.74, 6) is -0.320. The van der Waals surface area contributed by atoms with Crippen molar-refractivity contribution >= 4 is 11.3 Å². The normalized spacial score (nSPS) is 11.8. The first kappa shape index (κ1) is 15.1. The molecule has 1 N–H and O–H groups in total. The Morgan fingerprint density at radius 3 is 2.70 bits per heavy atom. The molecule has 2 aromatic heterocycles. The molecule has 0 atom stereocenters. The fourth-order valence-corrected chi connectivity index (χ4v) is 2.92. The molecule has 20 heavy (non-hydrogen) atoms. The van der Waals surface area contributed by atoms with Gasteiger partial charge in [-0.05, 0) is 33.3 Å². The van der Waals surface area contributed by atoms with Crippen molar-refractivity contribution < 1.29 is 4.39 Å². The highest BCUT2D eigenvalue weighted by molar-refractivity contribution is 7.15. The Hall–Kier alpha value is -1.33. The molecule has 0 aliphatic heterocycles. The lowest BCUT2D eigenvalue weighted by atomic mass is 10.1. The van der Waals surface area contributed by atoms with Crippen LogP contribution in [0.2, 0.25) is 0 Å². The maximum Gasteiger partial charge on any atom is 0.151 e. The average Bonchev–Trinajstić information content (AvgIpc) is 2.79. The summed E-state index contributed by atoms with van der Waals surface area (Å²) in [4.78, 5) is 9.52. The lowest BCUT2D eigenvalue weighted by molar-refractivity contribution is 0.425. The first-order valence-corrected chi connectivity index (χ1v) is 7.56. The number of hydrogen-bond acceptors (Lipinski definition) is 4. The van der Waals surface area contributed by atoms with Crippen LogP contribution in [0.3, 0.4) is 0 Å². The Bertz CT molecular complexity index is 587. The fourth-order valence-electron chi connectivity index (χ4n) is 1.81. The van der Waals surface area contributed by atoms with Gasteiger partial charge in [0.2, 0.25) is 0 Å². The van der Waals surface area contributed by atoms with Gasteiger partial charge >= 0.3 is 0 Å². The van der Waals surface area contributed by atoms with Gasteiger partial charge in [0.25, 0.3) is 0 Å². The van der Waals surface area contributed by atoms with Crippen molar-refractivity contribution in [1.29, 1.82) is 0 Å². The minimum absolute atomic E-state index is 0.0527. The third-order valence-electron chi connectivity index (χ3n) is 2.90. The van der Waals surface area contributed by atoms with Gasteiger partial charge in [-0.1, -0.05) is 6.92 Å². The predicted molar refractivity (Wildman–Crippen MR) is 81.3 cm³/mol. The summed E-state index contributed by atoms with van der Waals surface area (Å²) in [6, 6.07) is 1.68. The molecule has 0 saturated carbocycles. The van der Waals surface area contributed by atoms with Gasteiger partial charge in [-0.15, -0.1) is 11.3 Å². The first-order valence-electron chi connectivity index (χ1n) is 6.74. The summed E-state index contributed by atoms with van der Waals surface area (Å²) in [6.45, 7) is 9.22. The van der Waals surface area contributed by atoms with E-state index >= 15 is 0 Å². The number of nitrogens with zero attached hydrogens (tertiary/aromatic N) is 2. The molecule has 0 saturated heterocycles. The van der Waals surface area contributed by atoms with E-state index in [1.165, 1.54) is 11.1 Å². The van der Waals surface area contributed by atoms with Gasteiger partial charge in [-0.25, -0.2) is 9.37 Å². The van der Waals surface area contributed by atoms with Crippen LogP contribution in [0.4, 0.5) is 4.39 Å². The topological polar surface area (TPSA) is 37.8 Å². The molecule has 2 rings (SSSR count). The highest BCUT2D eigenvalue weighted by atomic mass is 32.1. The van der Waals surface area contributed by atoms with E-state index in [9.17, 15) is 4.39 Å². The average molecular weight is 293 g/mol. The zero-order chi connectivity index (χ0) is 14.8. The lowest BCUT2D eigenvalue weighted by Crippen LogP contribution is -2.35. The zero-order valence-corrected chi connectivity index (χ0v) is 13.1. The van der Waals surface area contributed by atoms with Gasteiger partial charge in [0.1, 0.15) is 5.01 Å². The van der Waals surface area contributed by atoms with Crippen molar-refractivity contribution in [2.24, 2.45) is 0 Å². The first-order chi connectivity index (χ1) is 9.40. The number of aromatic nitrogens is 2. The molecule has 0 radical (unpaired) electrons. The van der Waals surface area contributed by atoms with Crippen molar-refractivity contribution in [3.05, 3.63) is 34.8 Å². The molecule has 0 aliphatic carbocycles. The SMILES string of the molecule is CCc1nc(-c2ccncc2F)sc1CNC(C)(C)C. The smallest absolute Gasteiger partial charge is 0.151 e. The molecule has 0 unspecified atom stereocenters. The molecule has 2 heterocycles. The van der Waals surface area contributed by atoms with Crippen LogP contribution < -0.4 is 5.32 Å². The molecule has 3 nitrogen and oxygen atoms in total. The third-order valence-corrected chi connectivity index (χ3v) is 4.03. The second-order valence-electron chi connectivity index (χ2n) is 5.70. The minimum Gasteiger partial charge on any atom is -0.307 e. The van der Waals surface area contributed by atoms with Crippen LogP contribution >= 0.6 is 11.3 Å². The van der Waals surface area contributed by atoms with Gasteiger partial charge in [0.15, 0.2) is 5.82 Å². The van der Waals surface area contributed by atoms with Crippen LogP contribution in [0.1, 0.15) is 38.3 Å². The summed E-state index contributed by atoms with van der Waals surface area (Å²) < 4.78 is 13.8. The van der Waals surface area contributed by atoms with Crippen LogP contribution in [-0.2, 0) is 13.0 Å². The van der Waals surface area contributed by atoms with E-state index in [0.29, 0.717) is 5.56 Å². The monoisotopic (exact) mass is 293 g/mol. The summed E-state index contributed by atoms with van der Waals surface area (Å²) in [5, 5.41) is 4.19. The number of thiazole rings is 1. The van der Waals surface area contributed by atoms with E-state index in [1.54, 1.807) is 23.6 Å². The number of rotatable bonds is 4. The van der Waals surface area contributed by atoms with E-state index in [4.69, 9.17) is 0 Å². The number of aryl methyl sites for hydroxylation is 1. The zero-order valence-electron chi connectivity index (χ0n) is 12.3. The molecular formula is C15H20FN3S. The van der Waals surface area contributed by atoms with Crippen molar-refractivity contribution in [3.63, 3.8) is 0 Å². The molecule has 5 heteroatoms. The maximum atomic E-state index is 13.8. The lowest BCUT2D eigenvalue weighted by Gasteiger charge is -2.20. The predicted octanol–water partition coefficient (Wildman–Crippen LogP) is 3.79. The second-order valence-corrected chi connectivity index (χ2v) is 6.79. The third kappa shape index (κ3) is 3.61. The number of halogens is 1. The molecule has 0 aliphatic rings. The Balaban J connectivity index is 2.29. The second kappa shape index (κ2) is 5.97. The van der Waals surface area contributed by atoms with Crippen LogP contribution in [0.25, 0.3) is 10.6 Å². The van der Waals surface area contributed by atoms with Gasteiger partial charge in [0, 0.05) is 28.7 Å². The van der Waals surface area contributed by atoms with E-state index in [0.717, 1.165) is 23.7 Å². The van der Waals surface area contributed by atoms with Crippen LogP contribution in [0.5, 0.6) is 0 Å². The van der Waals surface area contributed by atoms with Gasteiger partial charge in [0.05, 0.1) is 11.9 Å². The van der Waals surface area contributed by atoms with E-state index in [1.807, 2.05) is 0 Å². The van der Waals surface area contributed by atoms with E-state index in [2.05, 4.69) is 43.0 Å². The van der Waals surface area contributed by atoms with Gasteiger partial charge in [-0.3, -0.25) is 4.98 Å². The summed E-state index contributed by atoms with van der Waals surface area (Å²) in [5.41, 5.74) is 1.62. The van der Waals surface area contributed by atoms with Gasteiger partial charge in [-0.2, -0.15) is 0 Å². The molecule has 2 aromatic rings.